The van der Waals surface area contributed by atoms with E-state index in [-0.39, 0.29) is 6.61 Å². The molecular weight excluding hydrogens is 128 g/mol. The van der Waals surface area contributed by atoms with Crippen molar-refractivity contribution in [2.45, 2.75) is 19.8 Å². The summed E-state index contributed by atoms with van der Waals surface area (Å²) in [6.07, 6.45) is 3.35. The second kappa shape index (κ2) is 6.55. The number of hydrogen-bond acceptors (Lipinski definition) is 2. The zero-order chi connectivity index (χ0) is 7.82. The Morgan fingerprint density at radius 1 is 1.70 bits per heavy atom. The molecule has 0 saturated carbocycles. The number of aliphatic hydroxyl groups excluding tert-OH is 1. The molecule has 3 N–H and O–H groups in total. The maximum Gasteiger partial charge on any atom is 0.0797 e. The normalized spacial score (nSPS) is 14.2. The highest BCUT2D eigenvalue weighted by atomic mass is 16.3. The smallest absolute Gasteiger partial charge is 0.0797 e. The molecule has 10 heavy (non-hydrogen) atoms. The van der Waals surface area contributed by atoms with Gasteiger partial charge in [-0.15, -0.1) is 0 Å². The van der Waals surface area contributed by atoms with Crippen molar-refractivity contribution >= 4 is 6.34 Å². The van der Waals surface area contributed by atoms with Gasteiger partial charge in [-0.05, 0) is 18.8 Å². The van der Waals surface area contributed by atoms with Crippen LogP contribution in [0, 0.1) is 5.92 Å². The minimum atomic E-state index is 0.270. The monoisotopic (exact) mass is 144 g/mol. The van der Waals surface area contributed by atoms with Gasteiger partial charge in [0.25, 0.3) is 0 Å². The lowest BCUT2D eigenvalue weighted by Crippen LogP contribution is -2.01. The minimum Gasteiger partial charge on any atom is -0.396 e. The number of hydrogen-bond donors (Lipinski definition) is 2. The summed E-state index contributed by atoms with van der Waals surface area (Å²) in [7, 11) is 0. The number of nitrogens with zero attached hydrogens (tertiary/aromatic N) is 1. The molecule has 0 aliphatic carbocycles. The van der Waals surface area contributed by atoms with E-state index in [9.17, 15) is 0 Å². The van der Waals surface area contributed by atoms with Gasteiger partial charge in [0, 0.05) is 13.2 Å². The Hall–Kier alpha value is -0.570. The highest BCUT2D eigenvalue weighted by Crippen LogP contribution is 2.02. The Balaban J connectivity index is 3.03. The standard InChI is InChI=1S/C7H16N2O/c1-7(5-10)3-2-4-9-6-8/h6-7,10H,2-5H2,1H3,(H2,8,9). The molecule has 1 atom stereocenters. The van der Waals surface area contributed by atoms with Gasteiger partial charge >= 0.3 is 0 Å². The molecule has 0 aromatic heterocycles. The summed E-state index contributed by atoms with van der Waals surface area (Å²) < 4.78 is 0. The van der Waals surface area contributed by atoms with Crippen molar-refractivity contribution in [3.8, 4) is 0 Å². The first-order valence-corrected chi connectivity index (χ1v) is 3.62. The summed E-state index contributed by atoms with van der Waals surface area (Å²) in [5.74, 6) is 0.396. The molecular formula is C7H16N2O. The molecule has 0 heterocycles. The maximum absolute atomic E-state index is 8.63. The second-order valence-corrected chi connectivity index (χ2v) is 2.49. The highest BCUT2D eigenvalue weighted by Gasteiger charge is 1.97. The Labute approximate surface area is 62.0 Å². The predicted molar refractivity (Wildman–Crippen MR) is 43.0 cm³/mol. The first-order chi connectivity index (χ1) is 4.81. The van der Waals surface area contributed by atoms with Gasteiger partial charge in [0.15, 0.2) is 0 Å². The van der Waals surface area contributed by atoms with E-state index in [0.717, 1.165) is 19.4 Å². The Kier molecular flexibility index (Phi) is 6.18. The summed E-state index contributed by atoms with van der Waals surface area (Å²) in [5.41, 5.74) is 5.04. The van der Waals surface area contributed by atoms with E-state index in [1.807, 2.05) is 6.92 Å². The summed E-state index contributed by atoms with van der Waals surface area (Å²) in [5, 5.41) is 8.63. The summed E-state index contributed by atoms with van der Waals surface area (Å²) in [4.78, 5) is 3.85. The molecule has 0 bridgehead atoms. The SMILES string of the molecule is CC(CO)CCCN=CN. The van der Waals surface area contributed by atoms with Crippen LogP contribution in [-0.4, -0.2) is 24.6 Å². The number of nitrogens with two attached hydrogens (primary N) is 1. The first-order valence-electron chi connectivity index (χ1n) is 3.62. The largest absolute Gasteiger partial charge is 0.396 e. The van der Waals surface area contributed by atoms with Crippen LogP contribution >= 0.6 is 0 Å². The number of aliphatic hydroxyl groups is 1. The van der Waals surface area contributed by atoms with E-state index in [1.165, 1.54) is 6.34 Å². The summed E-state index contributed by atoms with van der Waals surface area (Å²) in [6, 6.07) is 0. The Morgan fingerprint density at radius 3 is 2.90 bits per heavy atom. The van der Waals surface area contributed by atoms with Crippen LogP contribution in [0.2, 0.25) is 0 Å². The van der Waals surface area contributed by atoms with Gasteiger partial charge in [-0.2, -0.15) is 0 Å². The van der Waals surface area contributed by atoms with Crippen LogP contribution in [0.15, 0.2) is 4.99 Å². The van der Waals surface area contributed by atoms with E-state index >= 15 is 0 Å². The van der Waals surface area contributed by atoms with Gasteiger partial charge in [-0.25, -0.2) is 0 Å². The zero-order valence-corrected chi connectivity index (χ0v) is 6.45. The molecule has 0 amide bonds. The Bertz CT molecular complexity index is 93.6. The zero-order valence-electron chi connectivity index (χ0n) is 6.45. The van der Waals surface area contributed by atoms with Crippen LogP contribution in [0.3, 0.4) is 0 Å². The second-order valence-electron chi connectivity index (χ2n) is 2.49. The molecule has 60 valence electrons. The van der Waals surface area contributed by atoms with Crippen LogP contribution in [0.25, 0.3) is 0 Å². The van der Waals surface area contributed by atoms with Crippen molar-refractivity contribution in [3.63, 3.8) is 0 Å². The lowest BCUT2D eigenvalue weighted by molar-refractivity contribution is 0.229. The minimum absolute atomic E-state index is 0.270. The quantitative estimate of drug-likeness (QED) is 0.333. The molecule has 3 heteroatoms. The molecule has 3 nitrogen and oxygen atoms in total. The number of aliphatic imine (C=N–C) groups is 1. The molecule has 0 fully saturated rings. The molecule has 0 aromatic rings. The van der Waals surface area contributed by atoms with Crippen molar-refractivity contribution in [1.82, 2.24) is 0 Å². The third kappa shape index (κ3) is 5.56. The van der Waals surface area contributed by atoms with E-state index < -0.39 is 0 Å². The van der Waals surface area contributed by atoms with Crippen LogP contribution in [0.5, 0.6) is 0 Å². The van der Waals surface area contributed by atoms with Gasteiger partial charge in [0.1, 0.15) is 0 Å². The fourth-order valence-corrected chi connectivity index (χ4v) is 0.697. The summed E-state index contributed by atoms with van der Waals surface area (Å²) >= 11 is 0. The van der Waals surface area contributed by atoms with E-state index in [2.05, 4.69) is 4.99 Å². The number of rotatable bonds is 5. The molecule has 0 spiro atoms. The van der Waals surface area contributed by atoms with Gasteiger partial charge in [-0.1, -0.05) is 6.92 Å². The summed E-state index contributed by atoms with van der Waals surface area (Å²) in [6.45, 7) is 3.07. The predicted octanol–water partition coefficient (Wildman–Crippen LogP) is 0.382. The maximum atomic E-state index is 8.63. The van der Waals surface area contributed by atoms with Crippen LogP contribution in [0.4, 0.5) is 0 Å². The van der Waals surface area contributed by atoms with Crippen molar-refractivity contribution in [2.75, 3.05) is 13.2 Å². The topological polar surface area (TPSA) is 58.6 Å². The highest BCUT2D eigenvalue weighted by molar-refractivity contribution is 5.50. The van der Waals surface area contributed by atoms with Crippen molar-refractivity contribution in [3.05, 3.63) is 0 Å². The van der Waals surface area contributed by atoms with Crippen LogP contribution in [0.1, 0.15) is 19.8 Å². The Morgan fingerprint density at radius 2 is 2.40 bits per heavy atom. The third-order valence-electron chi connectivity index (χ3n) is 1.40. The van der Waals surface area contributed by atoms with Gasteiger partial charge in [-0.3, -0.25) is 4.99 Å². The van der Waals surface area contributed by atoms with Crippen LogP contribution < -0.4 is 5.73 Å². The van der Waals surface area contributed by atoms with Gasteiger partial charge < -0.3 is 10.8 Å². The molecule has 0 radical (unpaired) electrons. The average molecular weight is 144 g/mol. The molecule has 0 rings (SSSR count). The van der Waals surface area contributed by atoms with E-state index in [4.69, 9.17) is 10.8 Å². The molecule has 0 aliphatic rings. The van der Waals surface area contributed by atoms with Crippen molar-refractivity contribution in [1.29, 1.82) is 0 Å². The van der Waals surface area contributed by atoms with Crippen molar-refractivity contribution in [2.24, 2.45) is 16.6 Å². The first kappa shape index (κ1) is 9.43. The van der Waals surface area contributed by atoms with E-state index in [0.29, 0.717) is 5.92 Å². The molecule has 1 unspecified atom stereocenters. The molecule has 0 saturated heterocycles. The fraction of sp³-hybridized carbons (Fsp3) is 0.857. The lowest BCUT2D eigenvalue weighted by Gasteiger charge is -2.03. The average Bonchev–Trinajstić information content (AvgIpc) is 1.98. The molecule has 0 aromatic carbocycles. The molecule has 0 aliphatic heterocycles. The van der Waals surface area contributed by atoms with E-state index in [1.54, 1.807) is 0 Å². The van der Waals surface area contributed by atoms with Gasteiger partial charge in [0.05, 0.1) is 6.34 Å². The fourth-order valence-electron chi connectivity index (χ4n) is 0.697. The van der Waals surface area contributed by atoms with Gasteiger partial charge in [0.2, 0.25) is 0 Å². The van der Waals surface area contributed by atoms with Crippen LogP contribution in [-0.2, 0) is 0 Å². The lowest BCUT2D eigenvalue weighted by atomic mass is 10.1. The third-order valence-corrected chi connectivity index (χ3v) is 1.40. The van der Waals surface area contributed by atoms with Crippen molar-refractivity contribution < 1.29 is 5.11 Å².